The van der Waals surface area contributed by atoms with Crippen molar-refractivity contribution in [1.82, 2.24) is 0 Å². The first-order chi connectivity index (χ1) is 9.28. The second kappa shape index (κ2) is 6.43. The number of rotatable bonds is 6. The molecule has 20 heavy (non-hydrogen) atoms. The molecule has 1 aromatic carbocycles. The fourth-order valence-corrected chi connectivity index (χ4v) is 1.90. The molecule has 0 aromatic heterocycles. The van der Waals surface area contributed by atoms with Gasteiger partial charge < -0.3 is 10.4 Å². The van der Waals surface area contributed by atoms with Gasteiger partial charge in [-0.1, -0.05) is 13.8 Å². The van der Waals surface area contributed by atoms with Gasteiger partial charge in [0.1, 0.15) is 5.82 Å². The van der Waals surface area contributed by atoms with Crippen molar-refractivity contribution in [2.75, 3.05) is 18.5 Å². The zero-order valence-corrected chi connectivity index (χ0v) is 11.5. The summed E-state index contributed by atoms with van der Waals surface area (Å²) >= 11 is 0. The van der Waals surface area contributed by atoms with Crippen LogP contribution in [0.15, 0.2) is 18.2 Å². The third-order valence-electron chi connectivity index (χ3n) is 3.79. The lowest BCUT2D eigenvalue weighted by Crippen LogP contribution is -2.32. The Kier molecular flexibility index (Phi) is 5.39. The molecule has 0 heterocycles. The molecule has 0 saturated carbocycles. The van der Waals surface area contributed by atoms with Crippen LogP contribution in [0.4, 0.5) is 23.2 Å². The molecule has 1 rings (SSSR count). The minimum atomic E-state index is -4.55. The van der Waals surface area contributed by atoms with Crippen molar-refractivity contribution in [3.63, 3.8) is 0 Å². The number of aliphatic hydroxyl groups excluding tert-OH is 1. The third-order valence-corrected chi connectivity index (χ3v) is 3.79. The molecule has 0 aliphatic heterocycles. The molecule has 2 nitrogen and oxygen atoms in total. The highest BCUT2D eigenvalue weighted by Crippen LogP contribution is 2.32. The Morgan fingerprint density at radius 1 is 1.15 bits per heavy atom. The van der Waals surface area contributed by atoms with Crippen molar-refractivity contribution in [3.05, 3.63) is 29.6 Å². The number of nitrogens with one attached hydrogen (secondary N) is 1. The van der Waals surface area contributed by atoms with Gasteiger partial charge in [0.2, 0.25) is 0 Å². The van der Waals surface area contributed by atoms with Gasteiger partial charge in [-0.15, -0.1) is 0 Å². The van der Waals surface area contributed by atoms with Crippen molar-refractivity contribution in [2.45, 2.75) is 32.9 Å². The van der Waals surface area contributed by atoms with Crippen LogP contribution in [0.1, 0.15) is 32.3 Å². The van der Waals surface area contributed by atoms with Crippen LogP contribution in [0, 0.1) is 11.2 Å². The number of hydrogen-bond acceptors (Lipinski definition) is 2. The average Bonchev–Trinajstić information content (AvgIpc) is 2.41. The van der Waals surface area contributed by atoms with Gasteiger partial charge in [-0.25, -0.2) is 4.39 Å². The highest BCUT2D eigenvalue weighted by Gasteiger charge is 2.31. The van der Waals surface area contributed by atoms with Crippen molar-refractivity contribution >= 4 is 5.69 Å². The minimum absolute atomic E-state index is 0.0118. The lowest BCUT2D eigenvalue weighted by Gasteiger charge is -2.30. The highest BCUT2D eigenvalue weighted by molar-refractivity contribution is 5.47. The van der Waals surface area contributed by atoms with E-state index >= 15 is 0 Å². The normalized spacial score (nSPS) is 12.6. The zero-order valence-electron chi connectivity index (χ0n) is 11.5. The summed E-state index contributed by atoms with van der Waals surface area (Å²) in [4.78, 5) is 0. The Hall–Kier alpha value is -1.30. The Labute approximate surface area is 115 Å². The molecular weight excluding hydrogens is 274 g/mol. The highest BCUT2D eigenvalue weighted by atomic mass is 19.4. The monoisotopic (exact) mass is 293 g/mol. The molecule has 0 atom stereocenters. The van der Waals surface area contributed by atoms with Crippen molar-refractivity contribution < 1.29 is 22.7 Å². The summed E-state index contributed by atoms with van der Waals surface area (Å²) in [5, 5.41) is 12.2. The van der Waals surface area contributed by atoms with Crippen LogP contribution in [-0.4, -0.2) is 18.3 Å². The van der Waals surface area contributed by atoms with E-state index in [0.29, 0.717) is 25.5 Å². The summed E-state index contributed by atoms with van der Waals surface area (Å²) in [5.41, 5.74) is -1.40. The second-order valence-electron chi connectivity index (χ2n) is 4.91. The van der Waals surface area contributed by atoms with Gasteiger partial charge in [0.25, 0.3) is 0 Å². The third kappa shape index (κ3) is 3.85. The van der Waals surface area contributed by atoms with Crippen molar-refractivity contribution in [2.24, 2.45) is 5.41 Å². The van der Waals surface area contributed by atoms with E-state index in [9.17, 15) is 22.7 Å². The van der Waals surface area contributed by atoms with Gasteiger partial charge >= 0.3 is 6.18 Å². The molecule has 1 aromatic rings. The quantitative estimate of drug-likeness (QED) is 0.775. The Morgan fingerprint density at radius 3 is 2.15 bits per heavy atom. The lowest BCUT2D eigenvalue weighted by molar-refractivity contribution is -0.137. The smallest absolute Gasteiger partial charge is 0.396 e. The van der Waals surface area contributed by atoms with Crippen LogP contribution in [0.5, 0.6) is 0 Å². The molecule has 0 unspecified atom stereocenters. The molecule has 6 heteroatoms. The van der Waals surface area contributed by atoms with Gasteiger partial charge in [0, 0.05) is 12.0 Å². The summed E-state index contributed by atoms with van der Waals surface area (Å²) < 4.78 is 50.9. The van der Waals surface area contributed by atoms with Gasteiger partial charge in [-0.2, -0.15) is 13.2 Å². The van der Waals surface area contributed by atoms with E-state index in [0.717, 1.165) is 12.1 Å². The fourth-order valence-electron chi connectivity index (χ4n) is 1.90. The summed E-state index contributed by atoms with van der Waals surface area (Å²) in [6.45, 7) is 4.06. The van der Waals surface area contributed by atoms with Crippen molar-refractivity contribution in [1.29, 1.82) is 0 Å². The van der Waals surface area contributed by atoms with E-state index in [1.54, 1.807) is 0 Å². The first kappa shape index (κ1) is 16.8. The predicted molar refractivity (Wildman–Crippen MR) is 70.0 cm³/mol. The molecule has 0 spiro atoms. The first-order valence-corrected chi connectivity index (χ1v) is 6.49. The number of alkyl halides is 3. The molecule has 0 radical (unpaired) electrons. The average molecular weight is 293 g/mol. The maximum atomic E-state index is 13.6. The molecule has 0 bridgehead atoms. The standard InChI is InChI=1S/C14H19F4NO/c1-3-13(4-2,9-20)8-19-12-6-5-10(7-11(12)15)14(16,17)18/h5-7,19-20H,3-4,8-9H2,1-2H3. The Bertz CT molecular complexity index is 433. The lowest BCUT2D eigenvalue weighted by atomic mass is 9.83. The van der Waals surface area contributed by atoms with Gasteiger partial charge in [-0.05, 0) is 31.0 Å². The summed E-state index contributed by atoms with van der Waals surface area (Å²) in [6.07, 6.45) is -3.18. The van der Waals surface area contributed by atoms with Crippen molar-refractivity contribution in [3.8, 4) is 0 Å². The van der Waals surface area contributed by atoms with Crippen LogP contribution in [-0.2, 0) is 6.18 Å². The summed E-state index contributed by atoms with van der Waals surface area (Å²) in [7, 11) is 0. The minimum Gasteiger partial charge on any atom is -0.396 e. The fraction of sp³-hybridized carbons (Fsp3) is 0.571. The maximum Gasteiger partial charge on any atom is 0.416 e. The number of anilines is 1. The van der Waals surface area contributed by atoms with E-state index in [-0.39, 0.29) is 12.3 Å². The molecule has 0 fully saturated rings. The van der Waals surface area contributed by atoms with E-state index in [4.69, 9.17) is 0 Å². The van der Waals surface area contributed by atoms with Crippen LogP contribution < -0.4 is 5.32 Å². The van der Waals surface area contributed by atoms with Gasteiger partial charge in [-0.3, -0.25) is 0 Å². The zero-order chi connectivity index (χ0) is 15.4. The Balaban J connectivity index is 2.84. The van der Waals surface area contributed by atoms with Gasteiger partial charge in [0.15, 0.2) is 0 Å². The van der Waals surface area contributed by atoms with E-state index in [1.807, 2.05) is 13.8 Å². The summed E-state index contributed by atoms with van der Waals surface area (Å²) in [5.74, 6) is -0.945. The number of aliphatic hydroxyl groups is 1. The number of benzene rings is 1. The molecule has 0 aliphatic rings. The number of halogens is 4. The van der Waals surface area contributed by atoms with Crippen LogP contribution in [0.2, 0.25) is 0 Å². The van der Waals surface area contributed by atoms with Crippen LogP contribution in [0.25, 0.3) is 0 Å². The summed E-state index contributed by atoms with van der Waals surface area (Å²) in [6, 6.07) is 2.39. The molecule has 0 saturated heterocycles. The molecule has 0 amide bonds. The molecular formula is C14H19F4NO. The van der Waals surface area contributed by atoms with Gasteiger partial charge in [0.05, 0.1) is 17.9 Å². The topological polar surface area (TPSA) is 32.3 Å². The Morgan fingerprint density at radius 2 is 1.75 bits per heavy atom. The second-order valence-corrected chi connectivity index (χ2v) is 4.91. The molecule has 2 N–H and O–H groups in total. The van der Waals surface area contributed by atoms with E-state index in [1.165, 1.54) is 0 Å². The van der Waals surface area contributed by atoms with Crippen LogP contribution >= 0.6 is 0 Å². The molecule has 114 valence electrons. The van der Waals surface area contributed by atoms with E-state index in [2.05, 4.69) is 5.32 Å². The van der Waals surface area contributed by atoms with Crippen LogP contribution in [0.3, 0.4) is 0 Å². The van der Waals surface area contributed by atoms with E-state index < -0.39 is 23.0 Å². The SMILES string of the molecule is CCC(CC)(CO)CNc1ccc(C(F)(F)F)cc1F. The maximum absolute atomic E-state index is 13.6. The predicted octanol–water partition coefficient (Wildman–Crippen LogP) is 4.06. The largest absolute Gasteiger partial charge is 0.416 e. The first-order valence-electron chi connectivity index (χ1n) is 6.49. The molecule has 0 aliphatic carbocycles. The number of hydrogen-bond donors (Lipinski definition) is 2.